The molecule has 0 aliphatic heterocycles. The van der Waals surface area contributed by atoms with Crippen LogP contribution >= 0.6 is 0 Å². The first-order valence-electron chi connectivity index (χ1n) is 7.86. The van der Waals surface area contributed by atoms with Gasteiger partial charge in [0, 0.05) is 5.69 Å². The minimum Gasteiger partial charge on any atom is -0.493 e. The summed E-state index contributed by atoms with van der Waals surface area (Å²) >= 11 is 0. The molecule has 0 atom stereocenters. The highest BCUT2D eigenvalue weighted by atomic mass is 19.1. The molecular weight excluding hydrogens is 339 g/mol. The number of para-hydroxylation sites is 2. The number of anilines is 1. The second-order valence-corrected chi connectivity index (χ2v) is 5.47. The molecule has 2 aromatic carbocycles. The van der Waals surface area contributed by atoms with E-state index in [0.717, 1.165) is 0 Å². The van der Waals surface area contributed by atoms with Crippen LogP contribution in [0.5, 0.6) is 11.5 Å². The molecule has 1 heterocycles. The maximum Gasteiger partial charge on any atom is 0.278 e. The maximum atomic E-state index is 13.3. The van der Waals surface area contributed by atoms with Gasteiger partial charge in [0.1, 0.15) is 18.2 Å². The SMILES string of the molecule is COc1ccccc1OCc1c(C(=O)Nc2cccc(F)c2)noc1C. The summed E-state index contributed by atoms with van der Waals surface area (Å²) in [5.74, 6) is 0.619. The van der Waals surface area contributed by atoms with Crippen LogP contribution in [0.15, 0.2) is 53.1 Å². The second-order valence-electron chi connectivity index (χ2n) is 5.47. The van der Waals surface area contributed by atoms with Gasteiger partial charge in [-0.3, -0.25) is 4.79 Å². The van der Waals surface area contributed by atoms with Crippen LogP contribution in [0.25, 0.3) is 0 Å². The minimum atomic E-state index is -0.508. The lowest BCUT2D eigenvalue weighted by Crippen LogP contribution is -2.15. The van der Waals surface area contributed by atoms with Crippen molar-refractivity contribution >= 4 is 11.6 Å². The molecule has 3 aromatic rings. The third-order valence-corrected chi connectivity index (χ3v) is 3.72. The van der Waals surface area contributed by atoms with E-state index in [0.29, 0.717) is 28.5 Å². The van der Waals surface area contributed by atoms with Crippen molar-refractivity contribution in [2.75, 3.05) is 12.4 Å². The number of amides is 1. The number of nitrogens with zero attached hydrogens (tertiary/aromatic N) is 1. The Bertz CT molecular complexity index is 923. The minimum absolute atomic E-state index is 0.0710. The summed E-state index contributed by atoms with van der Waals surface area (Å²) in [4.78, 5) is 12.5. The molecule has 0 spiro atoms. The zero-order valence-electron chi connectivity index (χ0n) is 14.3. The fourth-order valence-electron chi connectivity index (χ4n) is 2.38. The van der Waals surface area contributed by atoms with Crippen molar-refractivity contribution < 1.29 is 23.2 Å². The number of benzene rings is 2. The Labute approximate surface area is 149 Å². The van der Waals surface area contributed by atoms with E-state index in [1.54, 1.807) is 32.2 Å². The van der Waals surface area contributed by atoms with Crippen LogP contribution in [0, 0.1) is 12.7 Å². The molecule has 134 valence electrons. The largest absolute Gasteiger partial charge is 0.493 e. The Morgan fingerprint density at radius 3 is 2.69 bits per heavy atom. The Hall–Kier alpha value is -3.35. The molecular formula is C19H17FN2O4. The van der Waals surface area contributed by atoms with Gasteiger partial charge in [-0.15, -0.1) is 0 Å². The van der Waals surface area contributed by atoms with E-state index in [-0.39, 0.29) is 12.3 Å². The zero-order valence-corrected chi connectivity index (χ0v) is 14.3. The summed E-state index contributed by atoms with van der Waals surface area (Å²) in [6.07, 6.45) is 0. The highest BCUT2D eigenvalue weighted by molar-refractivity contribution is 6.03. The zero-order chi connectivity index (χ0) is 18.5. The quantitative estimate of drug-likeness (QED) is 0.724. The molecule has 0 fully saturated rings. The van der Waals surface area contributed by atoms with Crippen molar-refractivity contribution in [3.63, 3.8) is 0 Å². The lowest BCUT2D eigenvalue weighted by molar-refractivity contribution is 0.101. The molecule has 3 rings (SSSR count). The van der Waals surface area contributed by atoms with Gasteiger partial charge in [-0.1, -0.05) is 23.4 Å². The third-order valence-electron chi connectivity index (χ3n) is 3.72. The smallest absolute Gasteiger partial charge is 0.278 e. The molecule has 0 aliphatic rings. The van der Waals surface area contributed by atoms with Crippen LogP contribution in [-0.2, 0) is 6.61 Å². The second kappa shape index (κ2) is 7.69. The molecule has 6 nitrogen and oxygen atoms in total. The molecule has 0 saturated heterocycles. The van der Waals surface area contributed by atoms with E-state index < -0.39 is 11.7 Å². The van der Waals surface area contributed by atoms with Crippen LogP contribution in [-0.4, -0.2) is 18.2 Å². The summed E-state index contributed by atoms with van der Waals surface area (Å²) in [5, 5.41) is 6.39. The van der Waals surface area contributed by atoms with Crippen molar-refractivity contribution in [3.05, 3.63) is 71.4 Å². The Morgan fingerprint density at radius 2 is 1.96 bits per heavy atom. The van der Waals surface area contributed by atoms with Gasteiger partial charge in [0.2, 0.25) is 0 Å². The number of aromatic nitrogens is 1. The fourth-order valence-corrected chi connectivity index (χ4v) is 2.38. The van der Waals surface area contributed by atoms with Gasteiger partial charge < -0.3 is 19.3 Å². The number of hydrogen-bond donors (Lipinski definition) is 1. The first-order valence-corrected chi connectivity index (χ1v) is 7.86. The molecule has 1 aromatic heterocycles. The number of ether oxygens (including phenoxy) is 2. The molecule has 1 amide bonds. The number of halogens is 1. The topological polar surface area (TPSA) is 73.6 Å². The van der Waals surface area contributed by atoms with Crippen LogP contribution in [0.2, 0.25) is 0 Å². The van der Waals surface area contributed by atoms with Crippen molar-refractivity contribution in [3.8, 4) is 11.5 Å². The average Bonchev–Trinajstić information content (AvgIpc) is 3.01. The normalized spacial score (nSPS) is 10.4. The van der Waals surface area contributed by atoms with Crippen molar-refractivity contribution in [2.24, 2.45) is 0 Å². The van der Waals surface area contributed by atoms with Crippen LogP contribution in [0.4, 0.5) is 10.1 Å². The Kier molecular flexibility index (Phi) is 5.17. The van der Waals surface area contributed by atoms with Crippen LogP contribution < -0.4 is 14.8 Å². The average molecular weight is 356 g/mol. The van der Waals surface area contributed by atoms with E-state index in [2.05, 4.69) is 10.5 Å². The lowest BCUT2D eigenvalue weighted by atomic mass is 10.2. The van der Waals surface area contributed by atoms with Crippen molar-refractivity contribution in [2.45, 2.75) is 13.5 Å². The summed E-state index contributed by atoms with van der Waals surface area (Å²) in [5.41, 5.74) is 0.915. The highest BCUT2D eigenvalue weighted by Gasteiger charge is 2.21. The Balaban J connectivity index is 1.77. The molecule has 0 bridgehead atoms. The van der Waals surface area contributed by atoms with Crippen LogP contribution in [0.3, 0.4) is 0 Å². The van der Waals surface area contributed by atoms with Gasteiger partial charge in [-0.2, -0.15) is 0 Å². The van der Waals surface area contributed by atoms with Gasteiger partial charge in [0.15, 0.2) is 17.2 Å². The molecule has 1 N–H and O–H groups in total. The van der Waals surface area contributed by atoms with Gasteiger partial charge >= 0.3 is 0 Å². The highest BCUT2D eigenvalue weighted by Crippen LogP contribution is 2.27. The van der Waals surface area contributed by atoms with Gasteiger partial charge in [0.25, 0.3) is 5.91 Å². The molecule has 0 unspecified atom stereocenters. The predicted molar refractivity (Wildman–Crippen MR) is 92.9 cm³/mol. The van der Waals surface area contributed by atoms with Crippen molar-refractivity contribution in [1.29, 1.82) is 0 Å². The molecule has 7 heteroatoms. The number of carbonyl (C=O) groups excluding carboxylic acids is 1. The van der Waals surface area contributed by atoms with E-state index in [9.17, 15) is 9.18 Å². The van der Waals surface area contributed by atoms with E-state index in [4.69, 9.17) is 14.0 Å². The number of methoxy groups -OCH3 is 1. The van der Waals surface area contributed by atoms with Crippen LogP contribution in [0.1, 0.15) is 21.8 Å². The van der Waals surface area contributed by atoms with Crippen molar-refractivity contribution in [1.82, 2.24) is 5.16 Å². The molecule has 0 saturated carbocycles. The fraction of sp³-hybridized carbons (Fsp3) is 0.158. The molecule has 0 radical (unpaired) electrons. The summed E-state index contributed by atoms with van der Waals surface area (Å²) in [7, 11) is 1.55. The van der Waals surface area contributed by atoms with Gasteiger partial charge in [0.05, 0.1) is 12.7 Å². The lowest BCUT2D eigenvalue weighted by Gasteiger charge is -2.10. The van der Waals surface area contributed by atoms with E-state index in [1.165, 1.54) is 18.2 Å². The number of carbonyl (C=O) groups is 1. The third kappa shape index (κ3) is 3.83. The number of nitrogens with one attached hydrogen (secondary N) is 1. The first kappa shape index (κ1) is 17.5. The monoisotopic (exact) mass is 356 g/mol. The Morgan fingerprint density at radius 1 is 1.19 bits per heavy atom. The molecule has 26 heavy (non-hydrogen) atoms. The summed E-state index contributed by atoms with van der Waals surface area (Å²) in [6, 6.07) is 12.8. The number of aryl methyl sites for hydroxylation is 1. The first-order chi connectivity index (χ1) is 12.6. The van der Waals surface area contributed by atoms with E-state index >= 15 is 0 Å². The number of rotatable bonds is 6. The standard InChI is InChI=1S/C19H17FN2O4/c1-12-15(11-25-17-9-4-3-8-16(17)24-2)18(22-26-12)19(23)21-14-7-5-6-13(20)10-14/h3-10H,11H2,1-2H3,(H,21,23). The summed E-state index contributed by atoms with van der Waals surface area (Å²) < 4.78 is 29.4. The predicted octanol–water partition coefficient (Wildman–Crippen LogP) is 3.96. The van der Waals surface area contributed by atoms with Gasteiger partial charge in [-0.25, -0.2) is 4.39 Å². The summed E-state index contributed by atoms with van der Waals surface area (Å²) in [6.45, 7) is 1.76. The number of hydrogen-bond acceptors (Lipinski definition) is 5. The van der Waals surface area contributed by atoms with Gasteiger partial charge in [-0.05, 0) is 37.3 Å². The maximum absolute atomic E-state index is 13.3. The molecule has 0 aliphatic carbocycles. The van der Waals surface area contributed by atoms with E-state index in [1.807, 2.05) is 12.1 Å².